The van der Waals surface area contributed by atoms with Crippen LogP contribution in [0.25, 0.3) is 5.65 Å². The van der Waals surface area contributed by atoms with Crippen molar-refractivity contribution in [3.8, 4) is 0 Å². The van der Waals surface area contributed by atoms with E-state index in [0.717, 1.165) is 17.0 Å². The van der Waals surface area contributed by atoms with E-state index in [9.17, 15) is 4.79 Å². The maximum atomic E-state index is 13.2. The van der Waals surface area contributed by atoms with E-state index in [4.69, 9.17) is 4.98 Å². The Morgan fingerprint density at radius 2 is 1.71 bits per heavy atom. The molecule has 0 fully saturated rings. The van der Waals surface area contributed by atoms with Crippen molar-refractivity contribution < 1.29 is 0 Å². The maximum Gasteiger partial charge on any atom is 0.267 e. The van der Waals surface area contributed by atoms with Crippen LogP contribution in [0.1, 0.15) is 16.7 Å². The van der Waals surface area contributed by atoms with E-state index in [1.807, 2.05) is 67.6 Å². The van der Waals surface area contributed by atoms with Crippen molar-refractivity contribution in [2.45, 2.75) is 17.7 Å². The topological polar surface area (TPSA) is 46.7 Å². The quantitative estimate of drug-likeness (QED) is 0.274. The van der Waals surface area contributed by atoms with Crippen molar-refractivity contribution in [2.24, 2.45) is 4.99 Å². The number of hydrogen-bond acceptors (Lipinski definition) is 4. The molecule has 0 bridgehead atoms. The lowest BCUT2D eigenvalue weighted by Crippen LogP contribution is -2.21. The number of aryl methyl sites for hydroxylation is 1. The van der Waals surface area contributed by atoms with Crippen LogP contribution in [0.3, 0.4) is 0 Å². The molecule has 0 atom stereocenters. The largest absolute Gasteiger partial charge is 0.268 e. The Labute approximate surface area is 167 Å². The number of para-hydroxylation sites is 1. The highest BCUT2D eigenvalue weighted by atomic mass is 32.2. The third-order valence-corrected chi connectivity index (χ3v) is 5.43. The van der Waals surface area contributed by atoms with E-state index in [1.54, 1.807) is 28.6 Å². The standard InChI is InChI=1S/C23H19N3OS/c1-17-9-8-14-26-21(17)25-22(28-16-18-10-4-2-5-11-18)20(23(26)27)15-24-19-12-6-3-7-13-19/h2-15H,16H2,1H3. The highest BCUT2D eigenvalue weighted by molar-refractivity contribution is 7.98. The summed E-state index contributed by atoms with van der Waals surface area (Å²) in [5.41, 5.74) is 4.03. The average Bonchev–Trinajstić information content (AvgIpc) is 2.74. The van der Waals surface area contributed by atoms with Gasteiger partial charge in [0.05, 0.1) is 11.3 Å². The number of thioether (sulfide) groups is 1. The molecule has 0 unspecified atom stereocenters. The lowest BCUT2D eigenvalue weighted by Gasteiger charge is -2.09. The molecule has 2 aromatic carbocycles. The van der Waals surface area contributed by atoms with Crippen molar-refractivity contribution in [1.82, 2.24) is 9.38 Å². The number of nitrogens with zero attached hydrogens (tertiary/aromatic N) is 3. The van der Waals surface area contributed by atoms with Crippen molar-refractivity contribution in [3.63, 3.8) is 0 Å². The van der Waals surface area contributed by atoms with Gasteiger partial charge in [-0.3, -0.25) is 14.2 Å². The number of fused-ring (bicyclic) bond motifs is 1. The van der Waals surface area contributed by atoms with Crippen molar-refractivity contribution in [1.29, 1.82) is 0 Å². The van der Waals surface area contributed by atoms with E-state index >= 15 is 0 Å². The van der Waals surface area contributed by atoms with Crippen LogP contribution in [0.2, 0.25) is 0 Å². The van der Waals surface area contributed by atoms with Gasteiger partial charge >= 0.3 is 0 Å². The second kappa shape index (κ2) is 8.23. The van der Waals surface area contributed by atoms with Crippen LogP contribution in [-0.4, -0.2) is 15.6 Å². The van der Waals surface area contributed by atoms with Gasteiger partial charge in [-0.1, -0.05) is 54.6 Å². The van der Waals surface area contributed by atoms with Gasteiger partial charge in [0.25, 0.3) is 5.56 Å². The third kappa shape index (κ3) is 3.89. The van der Waals surface area contributed by atoms with Gasteiger partial charge < -0.3 is 0 Å². The van der Waals surface area contributed by atoms with E-state index < -0.39 is 0 Å². The number of rotatable bonds is 5. The Morgan fingerprint density at radius 3 is 2.46 bits per heavy atom. The van der Waals surface area contributed by atoms with E-state index in [0.29, 0.717) is 16.2 Å². The van der Waals surface area contributed by atoms with Crippen molar-refractivity contribution >= 4 is 29.3 Å². The van der Waals surface area contributed by atoms with Crippen LogP contribution in [0.4, 0.5) is 5.69 Å². The summed E-state index contributed by atoms with van der Waals surface area (Å²) in [6, 6.07) is 23.6. The molecule has 0 spiro atoms. The Kier molecular flexibility index (Phi) is 5.35. The van der Waals surface area contributed by atoms with Crippen LogP contribution in [0.15, 0.2) is 93.8 Å². The van der Waals surface area contributed by atoms with Crippen LogP contribution < -0.4 is 5.56 Å². The summed E-state index contributed by atoms with van der Waals surface area (Å²) in [6.45, 7) is 1.96. The molecular formula is C23H19N3OS. The fraction of sp³-hybridized carbons (Fsp3) is 0.0870. The van der Waals surface area contributed by atoms with Crippen LogP contribution in [0.5, 0.6) is 0 Å². The van der Waals surface area contributed by atoms with Gasteiger partial charge in [0.1, 0.15) is 10.7 Å². The summed E-state index contributed by atoms with van der Waals surface area (Å²) in [5, 5.41) is 0.697. The molecule has 0 aliphatic rings. The Hall–Kier alpha value is -3.18. The third-order valence-electron chi connectivity index (χ3n) is 4.37. The first-order chi connectivity index (χ1) is 13.7. The molecule has 0 saturated carbocycles. The second-order valence-corrected chi connectivity index (χ2v) is 7.35. The van der Waals surface area contributed by atoms with Gasteiger partial charge in [0, 0.05) is 18.2 Å². The zero-order chi connectivity index (χ0) is 19.3. The molecule has 4 rings (SSSR count). The lowest BCUT2D eigenvalue weighted by molar-refractivity contribution is 0.968. The number of aromatic nitrogens is 2. The minimum atomic E-state index is -0.107. The number of benzene rings is 2. The molecule has 0 aliphatic carbocycles. The van der Waals surface area contributed by atoms with Gasteiger partial charge in [-0.2, -0.15) is 0 Å². The minimum absolute atomic E-state index is 0.107. The molecule has 0 radical (unpaired) electrons. The van der Waals surface area contributed by atoms with E-state index in [2.05, 4.69) is 17.1 Å². The molecule has 0 amide bonds. The highest BCUT2D eigenvalue weighted by Gasteiger charge is 2.13. The SMILES string of the molecule is Cc1cccn2c(=O)c(C=Nc3ccccc3)c(SCc3ccccc3)nc12. The molecule has 5 heteroatoms. The molecule has 2 aromatic heterocycles. The lowest BCUT2D eigenvalue weighted by atomic mass is 10.2. The molecule has 2 heterocycles. The van der Waals surface area contributed by atoms with E-state index in [1.165, 1.54) is 5.56 Å². The minimum Gasteiger partial charge on any atom is -0.268 e. The average molecular weight is 385 g/mol. The molecule has 0 N–H and O–H groups in total. The van der Waals surface area contributed by atoms with Gasteiger partial charge in [0.15, 0.2) is 0 Å². The summed E-state index contributed by atoms with van der Waals surface area (Å²) >= 11 is 1.56. The summed E-state index contributed by atoms with van der Waals surface area (Å²) in [7, 11) is 0. The molecule has 0 saturated heterocycles. The smallest absolute Gasteiger partial charge is 0.267 e. The first kappa shape index (κ1) is 18.2. The molecular weight excluding hydrogens is 366 g/mol. The van der Waals surface area contributed by atoms with Gasteiger partial charge in [-0.15, -0.1) is 11.8 Å². The summed E-state index contributed by atoms with van der Waals surface area (Å²) in [4.78, 5) is 22.4. The zero-order valence-corrected chi connectivity index (χ0v) is 16.3. The van der Waals surface area contributed by atoms with Crippen molar-refractivity contribution in [3.05, 3.63) is 106 Å². The Bertz CT molecular complexity index is 1190. The summed E-state index contributed by atoms with van der Waals surface area (Å²) in [6.07, 6.45) is 3.38. The molecule has 4 aromatic rings. The van der Waals surface area contributed by atoms with E-state index in [-0.39, 0.29) is 5.56 Å². The van der Waals surface area contributed by atoms with Crippen LogP contribution in [0, 0.1) is 6.92 Å². The van der Waals surface area contributed by atoms with Gasteiger partial charge in [0.2, 0.25) is 0 Å². The number of pyridine rings is 1. The highest BCUT2D eigenvalue weighted by Crippen LogP contribution is 2.24. The fourth-order valence-electron chi connectivity index (χ4n) is 2.89. The Morgan fingerprint density at radius 1 is 1.00 bits per heavy atom. The first-order valence-corrected chi connectivity index (χ1v) is 9.99. The second-order valence-electron chi connectivity index (χ2n) is 6.39. The maximum absolute atomic E-state index is 13.2. The van der Waals surface area contributed by atoms with Crippen LogP contribution in [-0.2, 0) is 5.75 Å². The zero-order valence-electron chi connectivity index (χ0n) is 15.4. The van der Waals surface area contributed by atoms with Crippen molar-refractivity contribution in [2.75, 3.05) is 0 Å². The van der Waals surface area contributed by atoms with Crippen LogP contribution >= 0.6 is 11.8 Å². The van der Waals surface area contributed by atoms with Gasteiger partial charge in [-0.05, 0) is 36.2 Å². The predicted molar refractivity (Wildman–Crippen MR) is 116 cm³/mol. The predicted octanol–water partition coefficient (Wildman–Crippen LogP) is 5.05. The fourth-order valence-corrected chi connectivity index (χ4v) is 3.83. The molecule has 28 heavy (non-hydrogen) atoms. The normalized spacial score (nSPS) is 11.3. The Balaban J connectivity index is 1.79. The first-order valence-electron chi connectivity index (χ1n) is 9.00. The summed E-state index contributed by atoms with van der Waals surface area (Å²) < 4.78 is 1.59. The molecule has 138 valence electrons. The monoisotopic (exact) mass is 385 g/mol. The molecule has 4 nitrogen and oxygen atoms in total. The summed E-state index contributed by atoms with van der Waals surface area (Å²) in [5.74, 6) is 0.738. The number of aliphatic imine (C=N–C) groups is 1. The number of hydrogen-bond donors (Lipinski definition) is 0. The van der Waals surface area contributed by atoms with Gasteiger partial charge in [-0.25, -0.2) is 4.98 Å². The molecule has 0 aliphatic heterocycles.